The van der Waals surface area contributed by atoms with Crippen LogP contribution in [0.4, 0.5) is 10.8 Å². The molecular weight excluding hydrogens is 370 g/mol. The lowest BCUT2D eigenvalue weighted by Crippen LogP contribution is -2.37. The van der Waals surface area contributed by atoms with E-state index in [-0.39, 0.29) is 11.2 Å². The van der Waals surface area contributed by atoms with Crippen molar-refractivity contribution < 1.29 is 0 Å². The van der Waals surface area contributed by atoms with Gasteiger partial charge < -0.3 is 5.32 Å². The molecule has 0 bridgehead atoms. The molecule has 0 aliphatic carbocycles. The Kier molecular flexibility index (Phi) is 5.28. The van der Waals surface area contributed by atoms with Crippen LogP contribution in [0.25, 0.3) is 0 Å². The number of anilines is 2. The molecular formula is C17H19N5O2S2. The van der Waals surface area contributed by atoms with E-state index in [0.29, 0.717) is 16.6 Å². The van der Waals surface area contributed by atoms with Crippen molar-refractivity contribution in [1.82, 2.24) is 19.3 Å². The Labute approximate surface area is 158 Å². The fourth-order valence-corrected chi connectivity index (χ4v) is 4.16. The smallest absolute Gasteiger partial charge is 0.330 e. The number of hydrogen-bond acceptors (Lipinski definition) is 7. The monoisotopic (exact) mass is 389 g/mol. The highest BCUT2D eigenvalue weighted by Crippen LogP contribution is 2.30. The highest BCUT2D eigenvalue weighted by Gasteiger charge is 2.10. The first-order chi connectivity index (χ1) is 12.4. The summed E-state index contributed by atoms with van der Waals surface area (Å²) in [5.74, 6) is 0.472. The molecule has 0 radical (unpaired) electrons. The molecule has 3 aromatic rings. The van der Waals surface area contributed by atoms with Gasteiger partial charge in [0, 0.05) is 37.3 Å². The summed E-state index contributed by atoms with van der Waals surface area (Å²) < 4.78 is 3.33. The third-order valence-electron chi connectivity index (χ3n) is 4.22. The van der Waals surface area contributed by atoms with Crippen LogP contribution in [0.3, 0.4) is 0 Å². The van der Waals surface area contributed by atoms with Gasteiger partial charge in [0.05, 0.1) is 0 Å². The molecule has 9 heteroatoms. The predicted molar refractivity (Wildman–Crippen MR) is 106 cm³/mol. The minimum atomic E-state index is -0.331. The molecule has 0 fully saturated rings. The summed E-state index contributed by atoms with van der Waals surface area (Å²) in [5.41, 5.74) is 3.41. The first-order valence-corrected chi connectivity index (χ1v) is 9.72. The van der Waals surface area contributed by atoms with E-state index in [1.807, 2.05) is 12.1 Å². The molecule has 7 nitrogen and oxygen atoms in total. The van der Waals surface area contributed by atoms with E-state index in [1.165, 1.54) is 51.9 Å². The van der Waals surface area contributed by atoms with Crippen LogP contribution < -0.4 is 16.6 Å². The lowest BCUT2D eigenvalue weighted by molar-refractivity contribution is 0.665. The maximum absolute atomic E-state index is 12.0. The number of aryl methyl sites for hydroxylation is 1. The van der Waals surface area contributed by atoms with Crippen molar-refractivity contribution in [3.63, 3.8) is 0 Å². The summed E-state index contributed by atoms with van der Waals surface area (Å²) in [6, 6.07) is 7.55. The molecule has 0 saturated carbocycles. The van der Waals surface area contributed by atoms with E-state index in [9.17, 15) is 9.59 Å². The van der Waals surface area contributed by atoms with Crippen molar-refractivity contribution in [3.8, 4) is 0 Å². The van der Waals surface area contributed by atoms with Gasteiger partial charge in [0.1, 0.15) is 0 Å². The van der Waals surface area contributed by atoms with E-state index < -0.39 is 0 Å². The average molecular weight is 390 g/mol. The molecule has 26 heavy (non-hydrogen) atoms. The van der Waals surface area contributed by atoms with E-state index >= 15 is 0 Å². The summed E-state index contributed by atoms with van der Waals surface area (Å²) in [6.45, 7) is 4.13. The van der Waals surface area contributed by atoms with Gasteiger partial charge in [-0.3, -0.25) is 13.9 Å². The second-order valence-corrected chi connectivity index (χ2v) is 8.11. The van der Waals surface area contributed by atoms with Gasteiger partial charge in [0.15, 0.2) is 4.34 Å². The van der Waals surface area contributed by atoms with Crippen molar-refractivity contribution in [3.05, 3.63) is 61.9 Å². The summed E-state index contributed by atoms with van der Waals surface area (Å²) in [6.07, 6.45) is 0. The van der Waals surface area contributed by atoms with Crippen LogP contribution >= 0.6 is 23.1 Å². The molecule has 0 atom stereocenters. The Morgan fingerprint density at radius 1 is 1.15 bits per heavy atom. The topological polar surface area (TPSA) is 81.8 Å². The van der Waals surface area contributed by atoms with Gasteiger partial charge in [0.2, 0.25) is 5.13 Å². The SMILES string of the molecule is Cc1cccc(Nc2nnc(SCc3cc(=O)n(C)c(=O)n3C)s2)c1C. The van der Waals surface area contributed by atoms with Crippen molar-refractivity contribution in [2.24, 2.45) is 14.1 Å². The molecule has 0 saturated heterocycles. The van der Waals surface area contributed by atoms with Gasteiger partial charge in [-0.25, -0.2) is 4.79 Å². The van der Waals surface area contributed by atoms with Gasteiger partial charge in [-0.1, -0.05) is 35.2 Å². The zero-order valence-corrected chi connectivity index (χ0v) is 16.6. The number of benzene rings is 1. The first kappa shape index (κ1) is 18.4. The molecule has 0 aliphatic rings. The third kappa shape index (κ3) is 3.73. The summed E-state index contributed by atoms with van der Waals surface area (Å²) in [4.78, 5) is 23.8. The fourth-order valence-electron chi connectivity index (χ4n) is 2.37. The molecule has 1 N–H and O–H groups in total. The molecule has 2 aromatic heterocycles. The third-order valence-corrected chi connectivity index (χ3v) is 6.23. The lowest BCUT2D eigenvalue weighted by Gasteiger charge is -2.08. The molecule has 0 amide bonds. The van der Waals surface area contributed by atoms with Gasteiger partial charge in [-0.2, -0.15) is 0 Å². The molecule has 0 unspecified atom stereocenters. The molecule has 0 spiro atoms. The van der Waals surface area contributed by atoms with Gasteiger partial charge in [-0.15, -0.1) is 10.2 Å². The zero-order chi connectivity index (χ0) is 18.8. The number of thioether (sulfide) groups is 1. The van der Waals surface area contributed by atoms with Crippen molar-refractivity contribution >= 4 is 33.9 Å². The highest BCUT2D eigenvalue weighted by molar-refractivity contribution is 8.00. The van der Waals surface area contributed by atoms with Crippen LogP contribution in [0.15, 0.2) is 38.2 Å². The maximum Gasteiger partial charge on any atom is 0.330 e. The Morgan fingerprint density at radius 2 is 1.92 bits per heavy atom. The van der Waals surface area contributed by atoms with Crippen LogP contribution in [-0.2, 0) is 19.8 Å². The first-order valence-electron chi connectivity index (χ1n) is 7.92. The van der Waals surface area contributed by atoms with Crippen LogP contribution in [0.1, 0.15) is 16.8 Å². The van der Waals surface area contributed by atoms with E-state index in [4.69, 9.17) is 0 Å². The Bertz CT molecular complexity index is 1070. The van der Waals surface area contributed by atoms with Gasteiger partial charge >= 0.3 is 5.69 Å². The van der Waals surface area contributed by atoms with Crippen molar-refractivity contribution in [1.29, 1.82) is 0 Å². The van der Waals surface area contributed by atoms with Gasteiger partial charge in [-0.05, 0) is 31.0 Å². The number of aromatic nitrogens is 4. The lowest BCUT2D eigenvalue weighted by atomic mass is 10.1. The quantitative estimate of drug-likeness (QED) is 0.676. The van der Waals surface area contributed by atoms with E-state index in [0.717, 1.165) is 14.6 Å². The number of rotatable bonds is 5. The van der Waals surface area contributed by atoms with Crippen LogP contribution in [-0.4, -0.2) is 19.3 Å². The van der Waals surface area contributed by atoms with Crippen LogP contribution in [0, 0.1) is 13.8 Å². The molecule has 2 heterocycles. The summed E-state index contributed by atoms with van der Waals surface area (Å²) >= 11 is 2.88. The van der Waals surface area contributed by atoms with Crippen molar-refractivity contribution in [2.75, 3.05) is 5.32 Å². The van der Waals surface area contributed by atoms with E-state index in [2.05, 4.69) is 35.4 Å². The van der Waals surface area contributed by atoms with Crippen molar-refractivity contribution in [2.45, 2.75) is 23.9 Å². The van der Waals surface area contributed by atoms with E-state index in [1.54, 1.807) is 7.05 Å². The maximum atomic E-state index is 12.0. The number of nitrogens with zero attached hydrogens (tertiary/aromatic N) is 4. The number of nitrogens with one attached hydrogen (secondary N) is 1. The molecule has 136 valence electrons. The Hall–Kier alpha value is -2.39. The van der Waals surface area contributed by atoms with Crippen LogP contribution in [0.5, 0.6) is 0 Å². The minimum Gasteiger partial charge on any atom is -0.330 e. The Morgan fingerprint density at radius 3 is 2.69 bits per heavy atom. The number of hydrogen-bond donors (Lipinski definition) is 1. The average Bonchev–Trinajstić information content (AvgIpc) is 3.06. The molecule has 0 aliphatic heterocycles. The molecule has 1 aromatic carbocycles. The second kappa shape index (κ2) is 7.46. The predicted octanol–water partition coefficient (Wildman–Crippen LogP) is 2.59. The second-order valence-electron chi connectivity index (χ2n) is 5.91. The minimum absolute atomic E-state index is 0.307. The fraction of sp³-hybridized carbons (Fsp3) is 0.294. The zero-order valence-electron chi connectivity index (χ0n) is 14.9. The van der Waals surface area contributed by atoms with Crippen LogP contribution in [0.2, 0.25) is 0 Å². The Balaban J connectivity index is 1.73. The molecule has 3 rings (SSSR count). The normalized spacial score (nSPS) is 10.9. The largest absolute Gasteiger partial charge is 0.330 e. The standard InChI is InChI=1S/C17H19N5O2S2/c1-10-6-5-7-13(11(10)2)18-15-19-20-16(26-15)25-9-12-8-14(23)22(4)17(24)21(12)3/h5-8H,9H2,1-4H3,(H,18,19). The highest BCUT2D eigenvalue weighted by atomic mass is 32.2. The van der Waals surface area contributed by atoms with Gasteiger partial charge in [0.25, 0.3) is 5.56 Å². The summed E-state index contributed by atoms with van der Waals surface area (Å²) in [5, 5.41) is 12.3. The summed E-state index contributed by atoms with van der Waals surface area (Å²) in [7, 11) is 3.13.